The first-order valence-electron chi connectivity index (χ1n) is 9.10. The number of esters is 4. The molecule has 0 rings (SSSR count). The van der Waals surface area contributed by atoms with E-state index in [1.165, 1.54) is 0 Å². The number of ketones is 1. The summed E-state index contributed by atoms with van der Waals surface area (Å²) >= 11 is 0. The number of hydrogen-bond donors (Lipinski definition) is 1. The van der Waals surface area contributed by atoms with Gasteiger partial charge in [-0.3, -0.25) is 24.0 Å². The van der Waals surface area contributed by atoms with Gasteiger partial charge in [-0.15, -0.1) is 0 Å². The van der Waals surface area contributed by atoms with Gasteiger partial charge in [-0.2, -0.15) is 0 Å². The SMILES string of the molecule is [2H]CC(=O)OCC(=O)[C@@H](OC(=O)C[2H])[C@H](OC(=O)C[2H])[C@H](O)COC(=O)C[2H]. The van der Waals surface area contributed by atoms with Gasteiger partial charge in [0.1, 0.15) is 12.7 Å². The molecule has 0 radical (unpaired) electrons. The molecule has 0 aliphatic heterocycles. The van der Waals surface area contributed by atoms with Crippen molar-refractivity contribution < 1.29 is 53.5 Å². The minimum Gasteiger partial charge on any atom is -0.463 e. The van der Waals surface area contributed by atoms with Crippen LogP contribution in [0.15, 0.2) is 0 Å². The van der Waals surface area contributed by atoms with Crippen molar-refractivity contribution in [3.63, 3.8) is 0 Å². The van der Waals surface area contributed by atoms with Gasteiger partial charge in [0, 0.05) is 33.1 Å². The zero-order valence-electron chi connectivity index (χ0n) is 16.6. The predicted octanol–water partition coefficient (Wildman–Crippen LogP) is -1.09. The molecule has 0 aromatic rings. The van der Waals surface area contributed by atoms with E-state index >= 15 is 0 Å². The standard InChI is InChI=1S/C14H20O10/c1-7(15)21-5-11(19)13(23-9(3)17)14(24-10(4)18)12(20)6-22-8(2)16/h11,13-14,19H,5-6H2,1-4H3/t11-,13-,14-/m1/s1/i1D,2D,3D,4D. The largest absolute Gasteiger partial charge is 0.463 e. The van der Waals surface area contributed by atoms with Crippen molar-refractivity contribution in [3.05, 3.63) is 0 Å². The van der Waals surface area contributed by atoms with E-state index in [4.69, 9.17) is 15.0 Å². The van der Waals surface area contributed by atoms with E-state index in [1.807, 2.05) is 0 Å². The summed E-state index contributed by atoms with van der Waals surface area (Å²) in [6.45, 7) is -5.27. The van der Waals surface area contributed by atoms with Crippen LogP contribution in [0, 0.1) is 0 Å². The Balaban J connectivity index is 5.54. The minimum atomic E-state index is -2.04. The lowest BCUT2D eigenvalue weighted by molar-refractivity contribution is -0.183. The summed E-state index contributed by atoms with van der Waals surface area (Å²) in [6, 6.07) is 0. The van der Waals surface area contributed by atoms with Crippen molar-refractivity contribution >= 4 is 29.7 Å². The highest BCUT2D eigenvalue weighted by Gasteiger charge is 2.39. The number of Topliss-reactive ketones (excluding diaryl/α,β-unsaturated/α-hetero) is 1. The Morgan fingerprint density at radius 2 is 1.42 bits per heavy atom. The van der Waals surface area contributed by atoms with Gasteiger partial charge in [0.2, 0.25) is 11.9 Å². The fourth-order valence-electron chi connectivity index (χ4n) is 1.46. The number of aliphatic hydroxyl groups excluding tert-OH is 1. The topological polar surface area (TPSA) is 143 Å². The summed E-state index contributed by atoms with van der Waals surface area (Å²) in [5.74, 6) is -5.74. The van der Waals surface area contributed by atoms with Crippen LogP contribution >= 0.6 is 0 Å². The summed E-state index contributed by atoms with van der Waals surface area (Å²) < 4.78 is 45.9. The lowest BCUT2D eigenvalue weighted by Gasteiger charge is -2.28. The van der Waals surface area contributed by atoms with Crippen molar-refractivity contribution in [2.24, 2.45) is 0 Å². The van der Waals surface area contributed by atoms with Crippen molar-refractivity contribution in [2.75, 3.05) is 13.2 Å². The molecule has 0 aliphatic carbocycles. The van der Waals surface area contributed by atoms with Crippen LogP contribution in [0.4, 0.5) is 0 Å². The molecule has 24 heavy (non-hydrogen) atoms. The first kappa shape index (κ1) is 15.1. The number of hydrogen-bond acceptors (Lipinski definition) is 10. The molecule has 10 nitrogen and oxygen atoms in total. The van der Waals surface area contributed by atoms with E-state index in [9.17, 15) is 29.1 Å². The van der Waals surface area contributed by atoms with Gasteiger partial charge >= 0.3 is 23.9 Å². The maximum Gasteiger partial charge on any atom is 0.303 e. The Morgan fingerprint density at radius 3 is 2.00 bits per heavy atom. The molecule has 0 unspecified atom stereocenters. The van der Waals surface area contributed by atoms with Gasteiger partial charge in [0.05, 0.1) is 0 Å². The van der Waals surface area contributed by atoms with Crippen molar-refractivity contribution in [3.8, 4) is 0 Å². The van der Waals surface area contributed by atoms with Crippen LogP contribution in [0.2, 0.25) is 0 Å². The normalized spacial score (nSPS) is 16.0. The van der Waals surface area contributed by atoms with E-state index in [0.29, 0.717) is 0 Å². The second-order valence-electron chi connectivity index (χ2n) is 4.24. The molecule has 0 saturated carbocycles. The van der Waals surface area contributed by atoms with Gasteiger partial charge < -0.3 is 24.1 Å². The maximum atomic E-state index is 12.3. The Labute approximate surface area is 143 Å². The third-order valence-corrected chi connectivity index (χ3v) is 2.31. The predicted molar refractivity (Wildman–Crippen MR) is 75.4 cm³/mol. The maximum absolute atomic E-state index is 12.3. The Kier molecular flexibility index (Phi) is 6.47. The van der Waals surface area contributed by atoms with Gasteiger partial charge in [0.25, 0.3) is 0 Å². The van der Waals surface area contributed by atoms with Gasteiger partial charge in [0.15, 0.2) is 12.7 Å². The number of aliphatic hydroxyl groups is 1. The summed E-state index contributed by atoms with van der Waals surface area (Å²) in [7, 11) is 0. The zero-order chi connectivity index (χ0) is 21.7. The lowest BCUT2D eigenvalue weighted by atomic mass is 10.0. The Hall–Kier alpha value is -2.49. The van der Waals surface area contributed by atoms with E-state index < -0.39 is 88.8 Å². The molecule has 0 saturated heterocycles. The molecular weight excluding hydrogens is 328 g/mol. The van der Waals surface area contributed by atoms with Crippen LogP contribution < -0.4 is 0 Å². The fourth-order valence-corrected chi connectivity index (χ4v) is 1.46. The Morgan fingerprint density at radius 1 is 0.875 bits per heavy atom. The highest BCUT2D eigenvalue weighted by molar-refractivity contribution is 5.88. The van der Waals surface area contributed by atoms with Crippen LogP contribution in [0.1, 0.15) is 33.1 Å². The molecule has 0 aromatic carbocycles. The highest BCUT2D eigenvalue weighted by atomic mass is 16.6. The monoisotopic (exact) mass is 352 g/mol. The number of carbonyl (C=O) groups is 5. The molecule has 0 fully saturated rings. The third kappa shape index (κ3) is 8.83. The van der Waals surface area contributed by atoms with Crippen molar-refractivity contribution in [1.82, 2.24) is 0 Å². The third-order valence-electron chi connectivity index (χ3n) is 2.31. The molecule has 1 N–H and O–H groups in total. The smallest absolute Gasteiger partial charge is 0.303 e. The van der Waals surface area contributed by atoms with Gasteiger partial charge in [-0.25, -0.2) is 0 Å². The van der Waals surface area contributed by atoms with E-state index in [1.54, 1.807) is 0 Å². The average molecular weight is 352 g/mol. The summed E-state index contributed by atoms with van der Waals surface area (Å²) in [6.07, 6.45) is -5.91. The minimum absolute atomic E-state index is 0.775. The summed E-state index contributed by atoms with van der Waals surface area (Å²) in [5, 5.41) is 10.1. The van der Waals surface area contributed by atoms with E-state index in [-0.39, 0.29) is 0 Å². The van der Waals surface area contributed by atoms with Crippen LogP contribution in [0.25, 0.3) is 0 Å². The molecule has 0 amide bonds. The zero-order valence-corrected chi connectivity index (χ0v) is 12.6. The molecule has 0 aromatic heterocycles. The van der Waals surface area contributed by atoms with Crippen LogP contribution in [0.3, 0.4) is 0 Å². The van der Waals surface area contributed by atoms with Crippen molar-refractivity contribution in [1.29, 1.82) is 0 Å². The summed E-state index contributed by atoms with van der Waals surface area (Å²) in [4.78, 5) is 57.2. The first-order valence-corrected chi connectivity index (χ1v) is 6.28. The molecule has 10 heteroatoms. The summed E-state index contributed by atoms with van der Waals surface area (Å²) in [5.41, 5.74) is 0. The second-order valence-corrected chi connectivity index (χ2v) is 4.24. The van der Waals surface area contributed by atoms with Crippen LogP contribution in [0.5, 0.6) is 0 Å². The Bertz CT molecular complexity index is 570. The first-order chi connectivity index (χ1) is 13.2. The van der Waals surface area contributed by atoms with E-state index in [0.717, 1.165) is 0 Å². The highest BCUT2D eigenvalue weighted by Crippen LogP contribution is 2.13. The second kappa shape index (κ2) is 10.3. The lowest BCUT2D eigenvalue weighted by Crippen LogP contribution is -2.50. The molecule has 0 spiro atoms. The molecule has 3 atom stereocenters. The molecule has 0 aliphatic rings. The molecular formula is C14H20O10. The molecule has 0 bridgehead atoms. The average Bonchev–Trinajstić information content (AvgIpc) is 2.71. The van der Waals surface area contributed by atoms with Gasteiger partial charge in [-0.1, -0.05) is 0 Å². The van der Waals surface area contributed by atoms with Crippen LogP contribution in [-0.4, -0.2) is 66.3 Å². The number of carbonyl (C=O) groups excluding carboxylic acids is 5. The molecule has 0 heterocycles. The fraction of sp³-hybridized carbons (Fsp3) is 0.643. The van der Waals surface area contributed by atoms with Crippen molar-refractivity contribution in [2.45, 2.75) is 45.9 Å². The molecule has 136 valence electrons. The number of rotatable bonds is 9. The van der Waals surface area contributed by atoms with E-state index in [2.05, 4.69) is 9.47 Å². The van der Waals surface area contributed by atoms with Crippen LogP contribution in [-0.2, 0) is 42.9 Å². The number of ether oxygens (including phenoxy) is 4. The quantitative estimate of drug-likeness (QED) is 0.401. The van der Waals surface area contributed by atoms with Gasteiger partial charge in [-0.05, 0) is 0 Å².